The molecule has 0 spiro atoms. The molecule has 0 radical (unpaired) electrons. The standard InChI is InChI=1S/C25H30N2O6/c1-14-21(26-23(30)32-15(2)16-4-5-16)22(33-27-14)17-6-8-18(9-7-17)24(3)10-19-11-25(19,13-31-24)12-20(28)29/h6-9,15-16,19H,4-5,10-13H2,1-3H3,(H,26,30)(H,28,29)/t15-,19?,24?,25?/m1/s1. The first-order chi connectivity index (χ1) is 15.7. The van der Waals surface area contributed by atoms with E-state index in [0.717, 1.165) is 36.8 Å². The first kappa shape index (κ1) is 21.9. The van der Waals surface area contributed by atoms with Crippen LogP contribution in [-0.4, -0.2) is 35.0 Å². The van der Waals surface area contributed by atoms with Crippen molar-refractivity contribution in [2.75, 3.05) is 11.9 Å². The number of anilines is 1. The van der Waals surface area contributed by atoms with Crippen molar-refractivity contribution in [3.05, 3.63) is 35.5 Å². The largest absolute Gasteiger partial charge is 0.481 e. The van der Waals surface area contributed by atoms with Gasteiger partial charge in [0.15, 0.2) is 5.76 Å². The number of benzene rings is 1. The van der Waals surface area contributed by atoms with Crippen molar-refractivity contribution in [3.63, 3.8) is 0 Å². The van der Waals surface area contributed by atoms with Gasteiger partial charge < -0.3 is 19.1 Å². The lowest BCUT2D eigenvalue weighted by Gasteiger charge is -2.37. The molecule has 8 nitrogen and oxygen atoms in total. The molecule has 1 saturated heterocycles. The third-order valence-electron chi connectivity index (χ3n) is 7.60. The number of aromatic nitrogens is 1. The van der Waals surface area contributed by atoms with E-state index in [4.69, 9.17) is 14.0 Å². The van der Waals surface area contributed by atoms with Crippen molar-refractivity contribution < 1.29 is 28.7 Å². The van der Waals surface area contributed by atoms with E-state index in [9.17, 15) is 14.7 Å². The molecule has 176 valence electrons. The van der Waals surface area contributed by atoms with Gasteiger partial charge in [-0.05, 0) is 63.9 Å². The number of aliphatic carboxylic acids is 1. The molecule has 0 bridgehead atoms. The zero-order valence-electron chi connectivity index (χ0n) is 19.2. The molecule has 1 amide bonds. The van der Waals surface area contributed by atoms with E-state index in [1.807, 2.05) is 31.2 Å². The zero-order valence-corrected chi connectivity index (χ0v) is 19.2. The molecule has 2 N–H and O–H groups in total. The van der Waals surface area contributed by atoms with Gasteiger partial charge in [0.1, 0.15) is 17.5 Å². The smallest absolute Gasteiger partial charge is 0.412 e. The summed E-state index contributed by atoms with van der Waals surface area (Å²) in [5, 5.41) is 16.0. The van der Waals surface area contributed by atoms with Crippen molar-refractivity contribution in [1.82, 2.24) is 5.16 Å². The van der Waals surface area contributed by atoms with Crippen molar-refractivity contribution in [2.45, 2.75) is 64.6 Å². The zero-order chi connectivity index (χ0) is 23.4. The van der Waals surface area contributed by atoms with Crippen LogP contribution in [0.4, 0.5) is 10.5 Å². The summed E-state index contributed by atoms with van der Waals surface area (Å²) in [4.78, 5) is 23.5. The van der Waals surface area contributed by atoms with E-state index in [1.54, 1.807) is 6.92 Å². The number of hydrogen-bond donors (Lipinski definition) is 2. The Morgan fingerprint density at radius 3 is 2.64 bits per heavy atom. The molecule has 1 aromatic heterocycles. The van der Waals surface area contributed by atoms with Gasteiger partial charge >= 0.3 is 12.1 Å². The van der Waals surface area contributed by atoms with Crippen LogP contribution >= 0.6 is 0 Å². The van der Waals surface area contributed by atoms with Crippen molar-refractivity contribution >= 4 is 17.7 Å². The number of nitrogens with zero attached hydrogens (tertiary/aromatic N) is 1. The molecule has 3 fully saturated rings. The third kappa shape index (κ3) is 4.24. The van der Waals surface area contributed by atoms with Crippen LogP contribution in [0.5, 0.6) is 0 Å². The molecule has 1 aromatic carbocycles. The van der Waals surface area contributed by atoms with Crippen molar-refractivity contribution in [2.24, 2.45) is 17.3 Å². The summed E-state index contributed by atoms with van der Waals surface area (Å²) in [6.45, 7) is 6.22. The molecule has 3 unspecified atom stereocenters. The number of rotatable bonds is 7. The first-order valence-electron chi connectivity index (χ1n) is 11.6. The number of nitrogens with one attached hydrogen (secondary N) is 1. The van der Waals surface area contributed by atoms with Crippen LogP contribution in [0.2, 0.25) is 0 Å². The number of aryl methyl sites for hydroxylation is 1. The highest BCUT2D eigenvalue weighted by molar-refractivity contribution is 5.90. The highest BCUT2D eigenvalue weighted by Gasteiger charge is 2.61. The summed E-state index contributed by atoms with van der Waals surface area (Å²) in [5.41, 5.74) is 2.27. The second-order valence-corrected chi connectivity index (χ2v) is 10.2. The molecule has 8 heteroatoms. The molecule has 2 heterocycles. The number of fused-ring (bicyclic) bond motifs is 1. The third-order valence-corrected chi connectivity index (χ3v) is 7.60. The Morgan fingerprint density at radius 1 is 1.27 bits per heavy atom. The molecular weight excluding hydrogens is 424 g/mol. The van der Waals surface area contributed by atoms with Crippen LogP contribution in [0.1, 0.15) is 57.2 Å². The summed E-state index contributed by atoms with van der Waals surface area (Å²) in [5.74, 6) is 0.558. The van der Waals surface area contributed by atoms with Crippen molar-refractivity contribution in [1.29, 1.82) is 0 Å². The Bertz CT molecular complexity index is 1080. The Balaban J connectivity index is 1.28. The fourth-order valence-corrected chi connectivity index (χ4v) is 5.15. The molecule has 33 heavy (non-hydrogen) atoms. The molecule has 2 saturated carbocycles. The van der Waals surface area contributed by atoms with Gasteiger partial charge in [-0.1, -0.05) is 29.4 Å². The van der Waals surface area contributed by atoms with Gasteiger partial charge in [-0.3, -0.25) is 10.1 Å². The predicted octanol–water partition coefficient (Wildman–Crippen LogP) is 5.11. The van der Waals surface area contributed by atoms with Gasteiger partial charge in [0.2, 0.25) is 0 Å². The van der Waals surface area contributed by atoms with E-state index in [-0.39, 0.29) is 17.9 Å². The van der Waals surface area contributed by atoms with E-state index >= 15 is 0 Å². The van der Waals surface area contributed by atoms with Crippen LogP contribution in [0, 0.1) is 24.2 Å². The Labute approximate surface area is 192 Å². The van der Waals surface area contributed by atoms with Crippen molar-refractivity contribution in [3.8, 4) is 11.3 Å². The van der Waals surface area contributed by atoms with Crippen LogP contribution in [0.25, 0.3) is 11.3 Å². The monoisotopic (exact) mass is 454 g/mol. The summed E-state index contributed by atoms with van der Waals surface area (Å²) < 4.78 is 17.2. The summed E-state index contributed by atoms with van der Waals surface area (Å²) >= 11 is 0. The summed E-state index contributed by atoms with van der Waals surface area (Å²) in [6, 6.07) is 7.85. The second kappa shape index (κ2) is 7.87. The number of carboxylic acid groups (broad SMARTS) is 1. The Kier molecular flexibility index (Phi) is 5.23. The molecule has 5 rings (SSSR count). The number of carbonyl (C=O) groups excluding carboxylic acids is 1. The lowest BCUT2D eigenvalue weighted by molar-refractivity contribution is -0.144. The van der Waals surface area contributed by atoms with Gasteiger partial charge in [0.05, 0.1) is 18.6 Å². The van der Waals surface area contributed by atoms with E-state index in [1.165, 1.54) is 0 Å². The van der Waals surface area contributed by atoms with E-state index in [0.29, 0.717) is 35.6 Å². The number of ether oxygens (including phenoxy) is 2. The topological polar surface area (TPSA) is 111 Å². The minimum Gasteiger partial charge on any atom is -0.481 e. The molecule has 2 aliphatic carbocycles. The Morgan fingerprint density at radius 2 is 2.00 bits per heavy atom. The van der Waals surface area contributed by atoms with E-state index in [2.05, 4.69) is 17.4 Å². The van der Waals surface area contributed by atoms with Crippen LogP contribution in [0.15, 0.2) is 28.8 Å². The number of carboxylic acids is 1. The number of hydrogen-bond acceptors (Lipinski definition) is 6. The number of amides is 1. The second-order valence-electron chi connectivity index (χ2n) is 10.2. The fourth-order valence-electron chi connectivity index (χ4n) is 5.15. The average molecular weight is 455 g/mol. The molecule has 3 aliphatic rings. The normalized spacial score (nSPS) is 29.1. The predicted molar refractivity (Wildman–Crippen MR) is 120 cm³/mol. The highest BCUT2D eigenvalue weighted by atomic mass is 16.6. The van der Waals surface area contributed by atoms with Gasteiger partial charge in [-0.15, -0.1) is 0 Å². The summed E-state index contributed by atoms with van der Waals surface area (Å²) in [6.07, 6.45) is 3.48. The SMILES string of the molecule is Cc1noc(-c2ccc(C3(C)CC4CC4(CC(=O)O)CO3)cc2)c1NC(=O)O[C@H](C)C1CC1. The average Bonchev–Trinajstić information content (AvgIpc) is 3.67. The first-order valence-corrected chi connectivity index (χ1v) is 11.6. The molecule has 4 atom stereocenters. The van der Waals surface area contributed by atoms with Crippen LogP contribution < -0.4 is 5.32 Å². The summed E-state index contributed by atoms with van der Waals surface area (Å²) in [7, 11) is 0. The molecule has 1 aliphatic heterocycles. The Hall–Kier alpha value is -2.87. The molecular formula is C25H30N2O6. The maximum Gasteiger partial charge on any atom is 0.412 e. The highest BCUT2D eigenvalue weighted by Crippen LogP contribution is 2.63. The lowest BCUT2D eigenvalue weighted by Crippen LogP contribution is -2.36. The van der Waals surface area contributed by atoms with Gasteiger partial charge in [0.25, 0.3) is 0 Å². The molecule has 2 aromatic rings. The van der Waals surface area contributed by atoms with E-state index < -0.39 is 17.7 Å². The van der Waals surface area contributed by atoms with Crippen LogP contribution in [-0.2, 0) is 19.9 Å². The van der Waals surface area contributed by atoms with Gasteiger partial charge in [0, 0.05) is 11.0 Å². The number of carbonyl (C=O) groups is 2. The fraction of sp³-hybridized carbons (Fsp3) is 0.560. The maximum absolute atomic E-state index is 12.4. The van der Waals surface area contributed by atoms with Gasteiger partial charge in [-0.25, -0.2) is 4.79 Å². The van der Waals surface area contributed by atoms with Gasteiger partial charge in [-0.2, -0.15) is 0 Å². The lowest BCUT2D eigenvalue weighted by atomic mass is 9.83. The van der Waals surface area contributed by atoms with Crippen LogP contribution in [0.3, 0.4) is 0 Å². The minimum atomic E-state index is -0.758. The quantitative estimate of drug-likeness (QED) is 0.598. The maximum atomic E-state index is 12.4. The minimum absolute atomic E-state index is 0.107.